The summed E-state index contributed by atoms with van der Waals surface area (Å²) in [5.74, 6) is 0.398. The first-order valence-electron chi connectivity index (χ1n) is 8.46. The average Bonchev–Trinajstić information content (AvgIpc) is 2.55. The van der Waals surface area contributed by atoms with Gasteiger partial charge in [-0.15, -0.1) is 0 Å². The molecule has 0 heterocycles. The predicted molar refractivity (Wildman–Crippen MR) is 92.3 cm³/mol. The van der Waals surface area contributed by atoms with Gasteiger partial charge in [-0.3, -0.25) is 5.32 Å². The Hall–Kier alpha value is -2.24. The van der Waals surface area contributed by atoms with Crippen LogP contribution in [0.5, 0.6) is 5.75 Å². The van der Waals surface area contributed by atoms with Crippen LogP contribution in [0.1, 0.15) is 46.0 Å². The third-order valence-electron chi connectivity index (χ3n) is 4.21. The number of carbonyl (C=O) groups is 2. The molecule has 6 heteroatoms. The maximum Gasteiger partial charge on any atom is 0.415 e. The second-order valence-corrected chi connectivity index (χ2v) is 6.31. The van der Waals surface area contributed by atoms with Crippen LogP contribution in [0.4, 0.5) is 15.3 Å². The van der Waals surface area contributed by atoms with Crippen molar-refractivity contribution in [1.82, 2.24) is 4.90 Å². The van der Waals surface area contributed by atoms with Crippen molar-refractivity contribution in [3.63, 3.8) is 0 Å². The van der Waals surface area contributed by atoms with Gasteiger partial charge in [-0.25, -0.2) is 9.59 Å². The second-order valence-electron chi connectivity index (χ2n) is 6.31. The molecule has 0 aliphatic heterocycles. The minimum Gasteiger partial charge on any atom is -0.453 e. The zero-order valence-corrected chi connectivity index (χ0v) is 14.6. The molecule has 0 spiro atoms. The molecule has 1 N–H and O–H groups in total. The molecule has 0 radical (unpaired) electrons. The fraction of sp³-hybridized carbons (Fsp3) is 0.556. The van der Waals surface area contributed by atoms with Crippen molar-refractivity contribution in [2.24, 2.45) is 0 Å². The molecule has 1 aromatic carbocycles. The number of anilines is 1. The van der Waals surface area contributed by atoms with Crippen LogP contribution in [0.2, 0.25) is 0 Å². The molecule has 0 bridgehead atoms. The molecule has 0 saturated heterocycles. The molecule has 2 amide bonds. The number of methoxy groups -OCH3 is 1. The van der Waals surface area contributed by atoms with Gasteiger partial charge < -0.3 is 14.4 Å². The molecule has 132 valence electrons. The van der Waals surface area contributed by atoms with E-state index in [0.29, 0.717) is 11.4 Å². The van der Waals surface area contributed by atoms with E-state index in [4.69, 9.17) is 4.74 Å². The summed E-state index contributed by atoms with van der Waals surface area (Å²) in [6, 6.07) is 7.04. The lowest BCUT2D eigenvalue weighted by Gasteiger charge is -2.36. The van der Waals surface area contributed by atoms with Crippen molar-refractivity contribution in [3.8, 4) is 5.75 Å². The lowest BCUT2D eigenvalue weighted by atomic mass is 9.94. The van der Waals surface area contributed by atoms with Gasteiger partial charge in [0.15, 0.2) is 0 Å². The van der Waals surface area contributed by atoms with Crippen LogP contribution < -0.4 is 10.1 Å². The summed E-state index contributed by atoms with van der Waals surface area (Å²) >= 11 is 0. The summed E-state index contributed by atoms with van der Waals surface area (Å²) in [7, 11) is 1.30. The second kappa shape index (κ2) is 8.57. The van der Waals surface area contributed by atoms with Gasteiger partial charge in [0.05, 0.1) is 7.11 Å². The van der Waals surface area contributed by atoms with E-state index < -0.39 is 6.09 Å². The zero-order valence-electron chi connectivity index (χ0n) is 14.6. The third kappa shape index (κ3) is 4.88. The Labute approximate surface area is 143 Å². The highest BCUT2D eigenvalue weighted by molar-refractivity contribution is 5.85. The molecule has 0 unspecified atom stereocenters. The van der Waals surface area contributed by atoms with Crippen LogP contribution in [0, 0.1) is 0 Å². The number of nitrogens with zero attached hydrogens (tertiary/aromatic N) is 1. The van der Waals surface area contributed by atoms with E-state index >= 15 is 0 Å². The van der Waals surface area contributed by atoms with Crippen molar-refractivity contribution in [2.45, 2.75) is 58.0 Å². The first-order valence-corrected chi connectivity index (χ1v) is 8.46. The number of rotatable bonds is 4. The number of hydrogen-bond donors (Lipinski definition) is 1. The number of carbonyl (C=O) groups excluding carboxylic acids is 2. The zero-order chi connectivity index (χ0) is 17.5. The lowest BCUT2D eigenvalue weighted by Crippen LogP contribution is -2.47. The van der Waals surface area contributed by atoms with Gasteiger partial charge in [0.25, 0.3) is 0 Å². The van der Waals surface area contributed by atoms with Gasteiger partial charge in [-0.05, 0) is 38.8 Å². The monoisotopic (exact) mass is 334 g/mol. The molecule has 1 aliphatic carbocycles. The van der Waals surface area contributed by atoms with Crippen molar-refractivity contribution in [2.75, 3.05) is 12.4 Å². The van der Waals surface area contributed by atoms with Crippen LogP contribution >= 0.6 is 0 Å². The Morgan fingerprint density at radius 1 is 1.21 bits per heavy atom. The van der Waals surface area contributed by atoms with Crippen LogP contribution in [0.15, 0.2) is 24.3 Å². The van der Waals surface area contributed by atoms with Crippen LogP contribution in [0.3, 0.4) is 0 Å². The molecule has 1 aromatic rings. The van der Waals surface area contributed by atoms with Gasteiger partial charge in [0, 0.05) is 23.8 Å². The maximum absolute atomic E-state index is 12.6. The molecule has 1 aliphatic rings. The molecule has 0 atom stereocenters. The summed E-state index contributed by atoms with van der Waals surface area (Å²) in [5, 5.41) is 2.55. The summed E-state index contributed by atoms with van der Waals surface area (Å²) in [4.78, 5) is 25.7. The summed E-state index contributed by atoms with van der Waals surface area (Å²) < 4.78 is 10.1. The highest BCUT2D eigenvalue weighted by atomic mass is 16.6. The highest BCUT2D eigenvalue weighted by Crippen LogP contribution is 2.26. The minimum atomic E-state index is -0.565. The number of nitrogens with one attached hydrogen (secondary N) is 1. The van der Waals surface area contributed by atoms with Crippen molar-refractivity contribution < 1.29 is 19.1 Å². The quantitative estimate of drug-likeness (QED) is 0.886. The molecule has 6 nitrogen and oxygen atoms in total. The van der Waals surface area contributed by atoms with E-state index in [0.717, 1.165) is 25.7 Å². The van der Waals surface area contributed by atoms with Gasteiger partial charge in [0.1, 0.15) is 5.75 Å². The molecular formula is C18H26N2O4. The largest absolute Gasteiger partial charge is 0.453 e. The molecular weight excluding hydrogens is 308 g/mol. The lowest BCUT2D eigenvalue weighted by molar-refractivity contribution is 0.0990. The average molecular weight is 334 g/mol. The third-order valence-corrected chi connectivity index (χ3v) is 4.21. The molecule has 1 fully saturated rings. The van der Waals surface area contributed by atoms with E-state index in [9.17, 15) is 9.59 Å². The SMILES string of the molecule is COC(=O)Nc1cccc(OC(=O)N(C(C)C)C2CCCCC2)c1. The van der Waals surface area contributed by atoms with Crippen molar-refractivity contribution >= 4 is 17.9 Å². The van der Waals surface area contributed by atoms with E-state index in [-0.39, 0.29) is 18.2 Å². The number of amides is 2. The normalized spacial score (nSPS) is 15.0. The summed E-state index contributed by atoms with van der Waals surface area (Å²) in [6.45, 7) is 4.01. The first kappa shape index (κ1) is 18.1. The van der Waals surface area contributed by atoms with E-state index in [1.165, 1.54) is 13.5 Å². The fourth-order valence-corrected chi connectivity index (χ4v) is 3.10. The summed E-state index contributed by atoms with van der Waals surface area (Å²) in [5.41, 5.74) is 0.515. The number of ether oxygens (including phenoxy) is 2. The predicted octanol–water partition coefficient (Wildman–Crippen LogP) is 4.41. The number of benzene rings is 1. The first-order chi connectivity index (χ1) is 11.5. The van der Waals surface area contributed by atoms with Crippen molar-refractivity contribution in [1.29, 1.82) is 0 Å². The maximum atomic E-state index is 12.6. The molecule has 0 aromatic heterocycles. The fourth-order valence-electron chi connectivity index (χ4n) is 3.10. The summed E-state index contributed by atoms with van der Waals surface area (Å²) in [6.07, 6.45) is 4.68. The number of hydrogen-bond acceptors (Lipinski definition) is 4. The Kier molecular flexibility index (Phi) is 6.46. The van der Waals surface area contributed by atoms with E-state index in [1.807, 2.05) is 18.7 Å². The van der Waals surface area contributed by atoms with Crippen LogP contribution in [0.25, 0.3) is 0 Å². The smallest absolute Gasteiger partial charge is 0.415 e. The Morgan fingerprint density at radius 3 is 2.54 bits per heavy atom. The van der Waals surface area contributed by atoms with Gasteiger partial charge in [-0.1, -0.05) is 25.3 Å². The van der Waals surface area contributed by atoms with Gasteiger partial charge >= 0.3 is 12.2 Å². The van der Waals surface area contributed by atoms with Crippen LogP contribution in [-0.2, 0) is 4.74 Å². The van der Waals surface area contributed by atoms with Crippen LogP contribution in [-0.4, -0.2) is 36.3 Å². The topological polar surface area (TPSA) is 67.9 Å². The standard InChI is InChI=1S/C18H26N2O4/c1-13(2)20(15-9-5-4-6-10-15)18(22)24-16-11-7-8-14(12-16)19-17(21)23-3/h7-8,11-13,15H,4-6,9-10H2,1-3H3,(H,19,21). The Morgan fingerprint density at radius 2 is 1.92 bits per heavy atom. The molecule has 24 heavy (non-hydrogen) atoms. The Bertz CT molecular complexity index is 568. The Balaban J connectivity index is 2.06. The minimum absolute atomic E-state index is 0.0805. The molecule has 1 saturated carbocycles. The van der Waals surface area contributed by atoms with Gasteiger partial charge in [-0.2, -0.15) is 0 Å². The van der Waals surface area contributed by atoms with E-state index in [2.05, 4.69) is 10.1 Å². The highest BCUT2D eigenvalue weighted by Gasteiger charge is 2.29. The van der Waals surface area contributed by atoms with Crippen molar-refractivity contribution in [3.05, 3.63) is 24.3 Å². The van der Waals surface area contributed by atoms with E-state index in [1.54, 1.807) is 24.3 Å². The molecule has 2 rings (SSSR count). The van der Waals surface area contributed by atoms with Gasteiger partial charge in [0.2, 0.25) is 0 Å².